The fourth-order valence-electron chi connectivity index (χ4n) is 2.20. The molecule has 100 valence electrons. The van der Waals surface area contributed by atoms with Crippen molar-refractivity contribution in [1.29, 1.82) is 0 Å². The number of hydrogen-bond acceptors (Lipinski definition) is 4. The van der Waals surface area contributed by atoms with Crippen molar-refractivity contribution in [2.75, 3.05) is 36.5 Å². The van der Waals surface area contributed by atoms with Gasteiger partial charge in [0.25, 0.3) is 0 Å². The van der Waals surface area contributed by atoms with E-state index in [1.165, 1.54) is 5.69 Å². The van der Waals surface area contributed by atoms with Gasteiger partial charge in [-0.1, -0.05) is 6.92 Å². The Bertz CT molecular complexity index is 392. The van der Waals surface area contributed by atoms with Gasteiger partial charge in [0.15, 0.2) is 0 Å². The molecule has 0 amide bonds. The molecule has 4 heteroatoms. The van der Waals surface area contributed by atoms with Crippen LogP contribution in [0.2, 0.25) is 0 Å². The average molecular weight is 249 g/mol. The van der Waals surface area contributed by atoms with Gasteiger partial charge < -0.3 is 15.0 Å². The Morgan fingerprint density at radius 2 is 2.28 bits per heavy atom. The summed E-state index contributed by atoms with van der Waals surface area (Å²) >= 11 is 0. The van der Waals surface area contributed by atoms with Gasteiger partial charge in [0, 0.05) is 19.6 Å². The van der Waals surface area contributed by atoms with E-state index >= 15 is 0 Å². The molecule has 2 heterocycles. The first kappa shape index (κ1) is 13.1. The maximum atomic E-state index is 5.73. The third kappa shape index (κ3) is 3.35. The predicted molar refractivity (Wildman–Crippen MR) is 75.3 cm³/mol. The number of ether oxygens (including phenoxy) is 1. The van der Waals surface area contributed by atoms with Crippen LogP contribution < -0.4 is 10.2 Å². The monoisotopic (exact) mass is 249 g/mol. The first-order chi connectivity index (χ1) is 8.61. The minimum absolute atomic E-state index is 0.0783. The molecule has 1 fully saturated rings. The predicted octanol–water partition coefficient (Wildman–Crippen LogP) is 2.52. The van der Waals surface area contributed by atoms with E-state index in [9.17, 15) is 0 Å². The number of hydrogen-bond donors (Lipinski definition) is 1. The van der Waals surface area contributed by atoms with Crippen LogP contribution in [-0.4, -0.2) is 36.8 Å². The molecule has 0 unspecified atom stereocenters. The van der Waals surface area contributed by atoms with Crippen LogP contribution in [0.5, 0.6) is 0 Å². The highest BCUT2D eigenvalue weighted by Gasteiger charge is 2.27. The maximum absolute atomic E-state index is 5.73. The van der Waals surface area contributed by atoms with Crippen LogP contribution in [0, 0.1) is 0 Å². The Labute approximate surface area is 109 Å². The summed E-state index contributed by atoms with van der Waals surface area (Å²) in [6.07, 6.45) is 4.93. The number of pyridine rings is 1. The Morgan fingerprint density at radius 1 is 1.44 bits per heavy atom. The molecule has 2 rings (SSSR count). The molecule has 1 saturated heterocycles. The highest BCUT2D eigenvalue weighted by molar-refractivity contribution is 5.56. The van der Waals surface area contributed by atoms with E-state index in [1.54, 1.807) is 0 Å². The highest BCUT2D eigenvalue weighted by atomic mass is 16.5. The lowest BCUT2D eigenvalue weighted by atomic mass is 10.1. The third-order valence-electron chi connectivity index (χ3n) is 3.09. The second-order valence-corrected chi connectivity index (χ2v) is 5.39. The fraction of sp³-hybridized carbons (Fsp3) is 0.643. The zero-order valence-electron chi connectivity index (χ0n) is 11.6. The molecule has 0 saturated carbocycles. The van der Waals surface area contributed by atoms with E-state index < -0.39 is 0 Å². The summed E-state index contributed by atoms with van der Waals surface area (Å²) in [5.74, 6) is 0. The molecule has 0 atom stereocenters. The first-order valence-corrected chi connectivity index (χ1v) is 6.68. The van der Waals surface area contributed by atoms with Crippen LogP contribution in [0.15, 0.2) is 18.5 Å². The number of rotatable bonds is 4. The van der Waals surface area contributed by atoms with Gasteiger partial charge >= 0.3 is 0 Å². The summed E-state index contributed by atoms with van der Waals surface area (Å²) in [6, 6.07) is 2.17. The molecule has 4 nitrogen and oxygen atoms in total. The smallest absolute Gasteiger partial charge is 0.0801 e. The van der Waals surface area contributed by atoms with Crippen LogP contribution in [0.3, 0.4) is 0 Å². The van der Waals surface area contributed by atoms with Crippen molar-refractivity contribution in [2.24, 2.45) is 0 Å². The molecular weight excluding hydrogens is 226 g/mol. The van der Waals surface area contributed by atoms with E-state index in [-0.39, 0.29) is 5.60 Å². The van der Waals surface area contributed by atoms with Crippen LogP contribution in [0.1, 0.15) is 27.2 Å². The molecular formula is C14H23N3O. The third-order valence-corrected chi connectivity index (χ3v) is 3.09. The van der Waals surface area contributed by atoms with Gasteiger partial charge in [-0.2, -0.15) is 0 Å². The normalized spacial score (nSPS) is 18.7. The Balaban J connectivity index is 2.07. The molecule has 1 N–H and O–H groups in total. The second kappa shape index (κ2) is 5.57. The number of nitrogens with one attached hydrogen (secondary N) is 1. The van der Waals surface area contributed by atoms with Crippen molar-refractivity contribution in [3.63, 3.8) is 0 Å². The van der Waals surface area contributed by atoms with Gasteiger partial charge in [-0.05, 0) is 26.3 Å². The topological polar surface area (TPSA) is 37.4 Å². The van der Waals surface area contributed by atoms with Gasteiger partial charge in [-0.3, -0.25) is 4.98 Å². The minimum Gasteiger partial charge on any atom is -0.384 e. The molecule has 0 bridgehead atoms. The van der Waals surface area contributed by atoms with Crippen molar-refractivity contribution in [1.82, 2.24) is 4.98 Å². The molecule has 18 heavy (non-hydrogen) atoms. The minimum atomic E-state index is -0.0783. The quantitative estimate of drug-likeness (QED) is 0.889. The van der Waals surface area contributed by atoms with Crippen molar-refractivity contribution in [2.45, 2.75) is 32.8 Å². The van der Waals surface area contributed by atoms with E-state index in [1.807, 2.05) is 12.4 Å². The zero-order chi connectivity index (χ0) is 13.0. The fourth-order valence-corrected chi connectivity index (χ4v) is 2.20. The van der Waals surface area contributed by atoms with Crippen molar-refractivity contribution >= 4 is 11.4 Å². The molecule has 1 aliphatic heterocycles. The summed E-state index contributed by atoms with van der Waals surface area (Å²) in [4.78, 5) is 6.66. The molecule has 1 aromatic heterocycles. The molecule has 1 aliphatic rings. The summed E-state index contributed by atoms with van der Waals surface area (Å²) in [5.41, 5.74) is 2.19. The number of anilines is 2. The van der Waals surface area contributed by atoms with Gasteiger partial charge in [0.2, 0.25) is 0 Å². The Hall–Kier alpha value is -1.29. The van der Waals surface area contributed by atoms with Crippen LogP contribution >= 0.6 is 0 Å². The van der Waals surface area contributed by atoms with Gasteiger partial charge in [0.1, 0.15) is 0 Å². The van der Waals surface area contributed by atoms with E-state index in [4.69, 9.17) is 4.74 Å². The van der Waals surface area contributed by atoms with Crippen molar-refractivity contribution in [3.8, 4) is 0 Å². The van der Waals surface area contributed by atoms with E-state index in [0.717, 1.165) is 38.3 Å². The lowest BCUT2D eigenvalue weighted by Gasteiger charge is -2.39. The van der Waals surface area contributed by atoms with Crippen molar-refractivity contribution < 1.29 is 4.74 Å². The van der Waals surface area contributed by atoms with E-state index in [0.29, 0.717) is 0 Å². The number of morpholine rings is 1. The van der Waals surface area contributed by atoms with Crippen LogP contribution in [0.4, 0.5) is 11.4 Å². The Kier molecular flexibility index (Phi) is 4.07. The van der Waals surface area contributed by atoms with Crippen molar-refractivity contribution in [3.05, 3.63) is 18.5 Å². The lowest BCUT2D eigenvalue weighted by molar-refractivity contribution is -0.0277. The molecule has 0 spiro atoms. The average Bonchev–Trinajstić information content (AvgIpc) is 2.35. The first-order valence-electron chi connectivity index (χ1n) is 6.68. The summed E-state index contributed by atoms with van der Waals surface area (Å²) in [7, 11) is 0. The summed E-state index contributed by atoms with van der Waals surface area (Å²) in [6.45, 7) is 10.0. The van der Waals surface area contributed by atoms with Gasteiger partial charge in [0.05, 0.1) is 36.0 Å². The number of nitrogens with zero attached hydrogens (tertiary/aromatic N) is 2. The molecule has 0 radical (unpaired) electrons. The molecule has 0 aliphatic carbocycles. The highest BCUT2D eigenvalue weighted by Crippen LogP contribution is 2.24. The molecule has 1 aromatic rings. The van der Waals surface area contributed by atoms with Crippen LogP contribution in [-0.2, 0) is 4.74 Å². The van der Waals surface area contributed by atoms with Gasteiger partial charge in [-0.25, -0.2) is 0 Å². The second-order valence-electron chi connectivity index (χ2n) is 5.39. The largest absolute Gasteiger partial charge is 0.384 e. The lowest BCUT2D eigenvalue weighted by Crippen LogP contribution is -2.48. The molecule has 0 aromatic carbocycles. The SMILES string of the molecule is CCCNc1cncc(N2CCOC(C)(C)C2)c1. The van der Waals surface area contributed by atoms with Crippen LogP contribution in [0.25, 0.3) is 0 Å². The van der Waals surface area contributed by atoms with Gasteiger partial charge in [-0.15, -0.1) is 0 Å². The maximum Gasteiger partial charge on any atom is 0.0801 e. The Morgan fingerprint density at radius 3 is 3.00 bits per heavy atom. The summed E-state index contributed by atoms with van der Waals surface area (Å²) in [5, 5.41) is 3.37. The summed E-state index contributed by atoms with van der Waals surface area (Å²) < 4.78 is 5.73. The zero-order valence-corrected chi connectivity index (χ0v) is 11.6. The number of aromatic nitrogens is 1. The standard InChI is InChI=1S/C14H23N3O/c1-4-5-16-12-8-13(10-15-9-12)17-6-7-18-14(2,3)11-17/h8-10,16H,4-7,11H2,1-3H3. The van der Waals surface area contributed by atoms with E-state index in [2.05, 4.69) is 42.0 Å².